The number of hydrogen-bond acceptors (Lipinski definition) is 5. The average molecular weight is 367 g/mol. The van der Waals surface area contributed by atoms with Gasteiger partial charge in [0, 0.05) is 16.8 Å². The second-order valence-electron chi connectivity index (χ2n) is 5.22. The molecule has 2 rings (SSSR count). The minimum atomic E-state index is -3.44. The van der Waals surface area contributed by atoms with Crippen molar-refractivity contribution in [2.75, 3.05) is 6.26 Å². The fourth-order valence-electron chi connectivity index (χ4n) is 2.01. The summed E-state index contributed by atoms with van der Waals surface area (Å²) in [6, 6.07) is 11.8. The van der Waals surface area contributed by atoms with Gasteiger partial charge in [-0.3, -0.25) is 4.79 Å². The summed E-state index contributed by atoms with van der Waals surface area (Å²) in [7, 11) is -3.44. The van der Waals surface area contributed by atoms with Crippen LogP contribution >= 0.6 is 11.6 Å². The average Bonchev–Trinajstić information content (AvgIpc) is 2.53. The Morgan fingerprint density at radius 1 is 1.04 bits per heavy atom. The van der Waals surface area contributed by atoms with Crippen molar-refractivity contribution in [2.24, 2.45) is 0 Å². The molecule has 24 heavy (non-hydrogen) atoms. The summed E-state index contributed by atoms with van der Waals surface area (Å²) >= 11 is 5.84. The number of carbonyl (C=O) groups is 2. The summed E-state index contributed by atoms with van der Waals surface area (Å²) in [6.07, 6.45) is 0.0146. The molecular weight excluding hydrogens is 352 g/mol. The molecule has 0 amide bonds. The van der Waals surface area contributed by atoms with Gasteiger partial charge in [0.05, 0.1) is 10.5 Å². The van der Waals surface area contributed by atoms with Crippen molar-refractivity contribution in [2.45, 2.75) is 17.9 Å². The standard InChI is InChI=1S/C17H15ClO5S/c1-11(16(19)12-5-3-7-14(18)9-12)23-17(20)13-6-4-8-15(10-13)24(2,21)22/h3-11H,1-2H3/t11-/m0/s1. The van der Waals surface area contributed by atoms with Gasteiger partial charge in [-0.25, -0.2) is 13.2 Å². The van der Waals surface area contributed by atoms with E-state index in [1.54, 1.807) is 18.2 Å². The minimum absolute atomic E-state index is 0.00534. The van der Waals surface area contributed by atoms with Crippen molar-refractivity contribution in [3.8, 4) is 0 Å². The maximum Gasteiger partial charge on any atom is 0.338 e. The highest BCUT2D eigenvalue weighted by molar-refractivity contribution is 7.90. The number of Topliss-reactive ketones (excluding diaryl/α,β-unsaturated/α-hetero) is 1. The van der Waals surface area contributed by atoms with E-state index in [1.807, 2.05) is 0 Å². The quantitative estimate of drug-likeness (QED) is 0.600. The fraction of sp³-hybridized carbons (Fsp3) is 0.176. The Bertz CT molecular complexity index is 889. The number of ketones is 1. The summed E-state index contributed by atoms with van der Waals surface area (Å²) < 4.78 is 28.2. The molecule has 0 spiro atoms. The summed E-state index contributed by atoms with van der Waals surface area (Å²) in [5.41, 5.74) is 0.386. The second kappa shape index (κ2) is 7.15. The molecule has 0 radical (unpaired) electrons. The predicted molar refractivity (Wildman–Crippen MR) is 90.2 cm³/mol. The maximum atomic E-state index is 12.3. The first-order chi connectivity index (χ1) is 11.2. The van der Waals surface area contributed by atoms with E-state index in [0.29, 0.717) is 10.6 Å². The molecule has 2 aromatic carbocycles. The second-order valence-corrected chi connectivity index (χ2v) is 7.67. The number of rotatable bonds is 5. The first-order valence-corrected chi connectivity index (χ1v) is 9.26. The van der Waals surface area contributed by atoms with E-state index in [0.717, 1.165) is 6.26 Å². The first kappa shape index (κ1) is 18.2. The van der Waals surface area contributed by atoms with E-state index in [4.69, 9.17) is 16.3 Å². The molecular formula is C17H15ClO5S. The van der Waals surface area contributed by atoms with E-state index in [9.17, 15) is 18.0 Å². The molecule has 126 valence electrons. The lowest BCUT2D eigenvalue weighted by atomic mass is 10.1. The van der Waals surface area contributed by atoms with Gasteiger partial charge in [-0.2, -0.15) is 0 Å². The van der Waals surface area contributed by atoms with Crippen molar-refractivity contribution in [1.82, 2.24) is 0 Å². The molecule has 0 unspecified atom stereocenters. The topological polar surface area (TPSA) is 77.5 Å². The van der Waals surface area contributed by atoms with Crippen LogP contribution in [-0.4, -0.2) is 32.5 Å². The molecule has 0 aliphatic carbocycles. The van der Waals surface area contributed by atoms with Crippen LogP contribution in [0.4, 0.5) is 0 Å². The van der Waals surface area contributed by atoms with Gasteiger partial charge in [0.2, 0.25) is 5.78 Å². The molecule has 0 N–H and O–H groups in total. The summed E-state index contributed by atoms with van der Waals surface area (Å²) in [4.78, 5) is 24.4. The van der Waals surface area contributed by atoms with Crippen molar-refractivity contribution < 1.29 is 22.7 Å². The number of esters is 1. The van der Waals surface area contributed by atoms with Gasteiger partial charge >= 0.3 is 5.97 Å². The number of halogens is 1. The van der Waals surface area contributed by atoms with Crippen molar-refractivity contribution in [1.29, 1.82) is 0 Å². The SMILES string of the molecule is C[C@H](OC(=O)c1cccc(S(C)(=O)=O)c1)C(=O)c1cccc(Cl)c1. The molecule has 5 nitrogen and oxygen atoms in total. The highest BCUT2D eigenvalue weighted by Crippen LogP contribution is 2.16. The van der Waals surface area contributed by atoms with Crippen molar-refractivity contribution >= 4 is 33.2 Å². The zero-order valence-corrected chi connectivity index (χ0v) is 14.6. The van der Waals surface area contributed by atoms with Gasteiger partial charge in [-0.15, -0.1) is 0 Å². The maximum absolute atomic E-state index is 12.3. The largest absolute Gasteiger partial charge is 0.451 e. The third-order valence-corrected chi connectivity index (χ3v) is 4.61. The van der Waals surface area contributed by atoms with Gasteiger partial charge in [-0.1, -0.05) is 29.8 Å². The van der Waals surface area contributed by atoms with Gasteiger partial charge < -0.3 is 4.74 Å². The van der Waals surface area contributed by atoms with Crippen LogP contribution in [0.2, 0.25) is 5.02 Å². The van der Waals surface area contributed by atoms with E-state index in [2.05, 4.69) is 0 Å². The van der Waals surface area contributed by atoms with Crippen LogP contribution in [0.3, 0.4) is 0 Å². The third kappa shape index (κ3) is 4.43. The smallest absolute Gasteiger partial charge is 0.338 e. The molecule has 7 heteroatoms. The number of hydrogen-bond donors (Lipinski definition) is 0. The van der Waals surface area contributed by atoms with E-state index >= 15 is 0 Å². The Balaban J connectivity index is 2.16. The van der Waals surface area contributed by atoms with E-state index in [1.165, 1.54) is 37.3 Å². The first-order valence-electron chi connectivity index (χ1n) is 6.99. The Morgan fingerprint density at radius 2 is 1.67 bits per heavy atom. The van der Waals surface area contributed by atoms with E-state index in [-0.39, 0.29) is 10.5 Å². The van der Waals surface area contributed by atoms with Crippen LogP contribution in [0.15, 0.2) is 53.4 Å². The molecule has 0 heterocycles. The number of carbonyl (C=O) groups excluding carboxylic acids is 2. The summed E-state index contributed by atoms with van der Waals surface area (Å²) in [5, 5.41) is 0.403. The van der Waals surface area contributed by atoms with Gasteiger partial charge in [-0.05, 0) is 37.3 Å². The predicted octanol–water partition coefficient (Wildman–Crippen LogP) is 3.17. The summed E-state index contributed by atoms with van der Waals surface area (Å²) in [6.45, 7) is 1.45. The molecule has 0 fully saturated rings. The highest BCUT2D eigenvalue weighted by atomic mass is 35.5. The molecule has 0 bridgehead atoms. The number of benzene rings is 2. The molecule has 1 atom stereocenters. The van der Waals surface area contributed by atoms with Gasteiger partial charge in [0.1, 0.15) is 0 Å². The van der Waals surface area contributed by atoms with Crippen LogP contribution in [0, 0.1) is 0 Å². The third-order valence-electron chi connectivity index (χ3n) is 3.26. The van der Waals surface area contributed by atoms with Gasteiger partial charge in [0.15, 0.2) is 15.9 Å². The van der Waals surface area contributed by atoms with E-state index < -0.39 is 27.7 Å². The Hall–Kier alpha value is -2.18. The van der Waals surface area contributed by atoms with Crippen LogP contribution in [0.5, 0.6) is 0 Å². The minimum Gasteiger partial charge on any atom is -0.451 e. The number of ether oxygens (including phenoxy) is 1. The molecule has 0 aliphatic heterocycles. The molecule has 0 saturated heterocycles. The van der Waals surface area contributed by atoms with Crippen LogP contribution in [-0.2, 0) is 14.6 Å². The molecule has 0 saturated carbocycles. The molecule has 0 aromatic heterocycles. The highest BCUT2D eigenvalue weighted by Gasteiger charge is 2.21. The van der Waals surface area contributed by atoms with Gasteiger partial charge in [0.25, 0.3) is 0 Å². The fourth-order valence-corrected chi connectivity index (χ4v) is 2.87. The van der Waals surface area contributed by atoms with Crippen LogP contribution < -0.4 is 0 Å². The lowest BCUT2D eigenvalue weighted by molar-refractivity contribution is 0.0318. The lowest BCUT2D eigenvalue weighted by Crippen LogP contribution is -2.24. The Morgan fingerprint density at radius 3 is 2.29 bits per heavy atom. The van der Waals surface area contributed by atoms with Crippen molar-refractivity contribution in [3.05, 3.63) is 64.7 Å². The molecule has 2 aromatic rings. The summed E-state index contributed by atoms with van der Waals surface area (Å²) in [5.74, 6) is -1.17. The number of sulfone groups is 1. The monoisotopic (exact) mass is 366 g/mol. The lowest BCUT2D eigenvalue weighted by Gasteiger charge is -2.13. The van der Waals surface area contributed by atoms with Crippen molar-refractivity contribution in [3.63, 3.8) is 0 Å². The molecule has 0 aliphatic rings. The van der Waals surface area contributed by atoms with Crippen LogP contribution in [0.25, 0.3) is 0 Å². The Labute approximate surface area is 145 Å². The normalized spacial score (nSPS) is 12.5. The van der Waals surface area contributed by atoms with Crippen LogP contribution in [0.1, 0.15) is 27.6 Å². The zero-order chi connectivity index (χ0) is 17.9. The Kier molecular flexibility index (Phi) is 5.41. The zero-order valence-electron chi connectivity index (χ0n) is 13.0.